The molecule has 1 heterocycles. The Hall–Kier alpha value is -1.11. The first-order chi connectivity index (χ1) is 10.1. The molecule has 0 radical (unpaired) electrons. The Kier molecular flexibility index (Phi) is 5.88. The van der Waals surface area contributed by atoms with E-state index in [1.165, 1.54) is 0 Å². The van der Waals surface area contributed by atoms with Crippen molar-refractivity contribution < 1.29 is 9.53 Å². The van der Waals surface area contributed by atoms with E-state index in [1.54, 1.807) is 0 Å². The molecule has 1 aromatic rings. The van der Waals surface area contributed by atoms with Gasteiger partial charge in [-0.15, -0.1) is 12.4 Å². The molecule has 2 atom stereocenters. The van der Waals surface area contributed by atoms with E-state index in [2.05, 4.69) is 10.4 Å². The summed E-state index contributed by atoms with van der Waals surface area (Å²) in [6.07, 6.45) is 0.597. The van der Waals surface area contributed by atoms with Gasteiger partial charge in [0.15, 0.2) is 0 Å². The van der Waals surface area contributed by atoms with Gasteiger partial charge in [0.1, 0.15) is 5.54 Å². The molecular weight excluding hydrogens is 316 g/mol. The van der Waals surface area contributed by atoms with E-state index in [0.717, 1.165) is 17.0 Å². The number of rotatable bonds is 5. The molecule has 0 aliphatic heterocycles. The molecule has 23 heavy (non-hydrogen) atoms. The molecule has 2 unspecified atom stereocenters. The molecule has 0 aromatic carbocycles. The Balaban J connectivity index is 0.00000264. The second-order valence-electron chi connectivity index (χ2n) is 6.80. The van der Waals surface area contributed by atoms with Gasteiger partial charge >= 0.3 is 0 Å². The summed E-state index contributed by atoms with van der Waals surface area (Å²) in [4.78, 5) is 12.6. The summed E-state index contributed by atoms with van der Waals surface area (Å²) in [5.74, 6) is -0.115. The monoisotopic (exact) mass is 344 g/mol. The van der Waals surface area contributed by atoms with Crippen LogP contribution in [0.15, 0.2) is 0 Å². The minimum Gasteiger partial charge on any atom is -0.378 e. The lowest BCUT2D eigenvalue weighted by molar-refractivity contribution is -0.170. The summed E-state index contributed by atoms with van der Waals surface area (Å²) in [6.45, 7) is 11.0. The van der Waals surface area contributed by atoms with Crippen molar-refractivity contribution in [1.29, 1.82) is 0 Å². The van der Waals surface area contributed by atoms with E-state index in [-0.39, 0.29) is 29.8 Å². The number of carbonyl (C=O) groups excluding carboxylic acids is 1. The zero-order valence-corrected chi connectivity index (χ0v) is 15.7. The Morgan fingerprint density at radius 1 is 1.48 bits per heavy atom. The largest absolute Gasteiger partial charge is 0.378 e. The van der Waals surface area contributed by atoms with Crippen LogP contribution in [0.3, 0.4) is 0 Å². The Labute approximate surface area is 144 Å². The summed E-state index contributed by atoms with van der Waals surface area (Å²) >= 11 is 0. The number of ether oxygens (including phenoxy) is 1. The number of aryl methyl sites for hydroxylation is 2. The minimum absolute atomic E-state index is 0. The number of amides is 1. The molecule has 1 aliphatic rings. The van der Waals surface area contributed by atoms with Gasteiger partial charge in [-0.25, -0.2) is 0 Å². The topological polar surface area (TPSA) is 82.2 Å². The van der Waals surface area contributed by atoms with Crippen LogP contribution in [0.4, 0.5) is 0 Å². The van der Waals surface area contributed by atoms with E-state index in [9.17, 15) is 4.79 Å². The number of hydrogen-bond donors (Lipinski definition) is 2. The lowest BCUT2D eigenvalue weighted by Gasteiger charge is -2.57. The fourth-order valence-corrected chi connectivity index (χ4v) is 3.22. The SMILES string of the molecule is CCOC1CC(N)(C(=O)NCc2c(C)nn(C)c2C)C1(C)C.Cl. The number of hydrogen-bond acceptors (Lipinski definition) is 4. The third kappa shape index (κ3) is 3.12. The first kappa shape index (κ1) is 19.9. The van der Waals surface area contributed by atoms with Crippen LogP contribution in [0.5, 0.6) is 0 Å². The fourth-order valence-electron chi connectivity index (χ4n) is 3.22. The maximum Gasteiger partial charge on any atom is 0.241 e. The predicted octanol–water partition coefficient (Wildman–Crippen LogP) is 1.61. The van der Waals surface area contributed by atoms with Crippen LogP contribution in [-0.4, -0.2) is 33.9 Å². The van der Waals surface area contributed by atoms with Gasteiger partial charge in [-0.3, -0.25) is 9.48 Å². The van der Waals surface area contributed by atoms with Crippen LogP contribution in [-0.2, 0) is 23.1 Å². The zero-order valence-electron chi connectivity index (χ0n) is 14.9. The maximum atomic E-state index is 12.6. The van der Waals surface area contributed by atoms with Gasteiger partial charge < -0.3 is 15.8 Å². The summed E-state index contributed by atoms with van der Waals surface area (Å²) in [5, 5.41) is 7.35. The Bertz CT molecular complexity index is 585. The van der Waals surface area contributed by atoms with Gasteiger partial charge in [0.25, 0.3) is 0 Å². The lowest BCUT2D eigenvalue weighted by atomic mass is 9.54. The van der Waals surface area contributed by atoms with E-state index in [4.69, 9.17) is 10.5 Å². The van der Waals surface area contributed by atoms with Crippen molar-refractivity contribution in [2.75, 3.05) is 6.61 Å². The third-order valence-corrected chi connectivity index (χ3v) is 5.32. The Morgan fingerprint density at radius 3 is 2.52 bits per heavy atom. The van der Waals surface area contributed by atoms with Crippen molar-refractivity contribution >= 4 is 18.3 Å². The van der Waals surface area contributed by atoms with Crippen molar-refractivity contribution in [2.24, 2.45) is 18.2 Å². The molecule has 2 rings (SSSR count). The summed E-state index contributed by atoms with van der Waals surface area (Å²) in [7, 11) is 1.90. The summed E-state index contributed by atoms with van der Waals surface area (Å²) in [5.41, 5.74) is 8.18. The van der Waals surface area contributed by atoms with Gasteiger partial charge in [0.2, 0.25) is 5.91 Å². The summed E-state index contributed by atoms with van der Waals surface area (Å²) in [6, 6.07) is 0. The molecule has 3 N–H and O–H groups in total. The first-order valence-corrected chi connectivity index (χ1v) is 7.83. The van der Waals surface area contributed by atoms with Gasteiger partial charge in [0, 0.05) is 43.3 Å². The summed E-state index contributed by atoms with van der Waals surface area (Å²) < 4.78 is 7.50. The minimum atomic E-state index is -0.878. The molecule has 7 heteroatoms. The van der Waals surface area contributed by atoms with Crippen molar-refractivity contribution in [3.63, 3.8) is 0 Å². The van der Waals surface area contributed by atoms with E-state index >= 15 is 0 Å². The smallest absolute Gasteiger partial charge is 0.241 e. The highest BCUT2D eigenvalue weighted by Gasteiger charge is 2.62. The van der Waals surface area contributed by atoms with Crippen molar-refractivity contribution in [3.8, 4) is 0 Å². The molecule has 1 aromatic heterocycles. The second kappa shape index (κ2) is 6.79. The van der Waals surface area contributed by atoms with Crippen LogP contribution >= 0.6 is 12.4 Å². The van der Waals surface area contributed by atoms with Crippen LogP contribution < -0.4 is 11.1 Å². The molecule has 0 bridgehead atoms. The molecular formula is C16H29ClN4O2. The standard InChI is InChI=1S/C16H28N4O2.ClH/c1-7-22-13-8-16(17,15(13,4)5)14(21)18-9-12-10(2)19-20(6)11(12)3;/h13H,7-9,17H2,1-6H3,(H,18,21);1H. The van der Waals surface area contributed by atoms with Gasteiger partial charge in [-0.2, -0.15) is 5.10 Å². The third-order valence-electron chi connectivity index (χ3n) is 5.32. The average Bonchev–Trinajstić information content (AvgIpc) is 2.69. The lowest BCUT2D eigenvalue weighted by Crippen LogP contribution is -2.75. The second-order valence-corrected chi connectivity index (χ2v) is 6.80. The van der Waals surface area contributed by atoms with E-state index < -0.39 is 5.54 Å². The van der Waals surface area contributed by atoms with Gasteiger partial charge in [0.05, 0.1) is 11.8 Å². The van der Waals surface area contributed by atoms with Crippen LogP contribution in [0.25, 0.3) is 0 Å². The number of nitrogens with one attached hydrogen (secondary N) is 1. The van der Waals surface area contributed by atoms with Crippen molar-refractivity contribution in [2.45, 2.75) is 59.2 Å². The number of halogens is 1. The number of nitrogens with two attached hydrogens (primary N) is 1. The van der Waals surface area contributed by atoms with Crippen molar-refractivity contribution in [3.05, 3.63) is 17.0 Å². The zero-order chi connectivity index (χ0) is 16.7. The number of aromatic nitrogens is 2. The molecule has 0 spiro atoms. The van der Waals surface area contributed by atoms with Crippen LogP contribution in [0, 0.1) is 19.3 Å². The molecule has 1 amide bonds. The van der Waals surface area contributed by atoms with E-state index in [0.29, 0.717) is 19.6 Å². The van der Waals surface area contributed by atoms with Crippen LogP contribution in [0.1, 0.15) is 44.1 Å². The van der Waals surface area contributed by atoms with Gasteiger partial charge in [-0.1, -0.05) is 13.8 Å². The highest BCUT2D eigenvalue weighted by atomic mass is 35.5. The number of carbonyl (C=O) groups is 1. The Morgan fingerprint density at radius 2 is 2.09 bits per heavy atom. The van der Waals surface area contributed by atoms with Crippen LogP contribution in [0.2, 0.25) is 0 Å². The molecule has 6 nitrogen and oxygen atoms in total. The molecule has 1 fully saturated rings. The molecule has 1 saturated carbocycles. The predicted molar refractivity (Wildman–Crippen MR) is 92.5 cm³/mol. The maximum absolute atomic E-state index is 12.6. The first-order valence-electron chi connectivity index (χ1n) is 7.83. The molecule has 1 aliphatic carbocycles. The van der Waals surface area contributed by atoms with Gasteiger partial charge in [-0.05, 0) is 20.8 Å². The van der Waals surface area contributed by atoms with E-state index in [1.807, 2.05) is 46.3 Å². The normalized spacial score (nSPS) is 25.4. The highest BCUT2D eigenvalue weighted by molar-refractivity contribution is 5.88. The highest BCUT2D eigenvalue weighted by Crippen LogP contribution is 2.49. The molecule has 0 saturated heterocycles. The fraction of sp³-hybridized carbons (Fsp3) is 0.750. The number of nitrogens with zero attached hydrogens (tertiary/aromatic N) is 2. The molecule has 132 valence electrons. The van der Waals surface area contributed by atoms with Crippen molar-refractivity contribution in [1.82, 2.24) is 15.1 Å². The average molecular weight is 345 g/mol. The quantitative estimate of drug-likeness (QED) is 0.850.